The zero-order chi connectivity index (χ0) is 14.5. The molecule has 19 heavy (non-hydrogen) atoms. The highest BCUT2D eigenvalue weighted by molar-refractivity contribution is 7.89. The van der Waals surface area contributed by atoms with Gasteiger partial charge in [0.2, 0.25) is 10.0 Å². The van der Waals surface area contributed by atoms with Crippen LogP contribution >= 0.6 is 0 Å². The van der Waals surface area contributed by atoms with E-state index in [0.29, 0.717) is 18.9 Å². The summed E-state index contributed by atoms with van der Waals surface area (Å²) in [6.07, 6.45) is 2.36. The molecule has 0 aliphatic rings. The van der Waals surface area contributed by atoms with Gasteiger partial charge in [0.1, 0.15) is 10.7 Å². The Labute approximate surface area is 115 Å². The number of anilines is 1. The van der Waals surface area contributed by atoms with Crippen LogP contribution in [0, 0.1) is 5.41 Å². The summed E-state index contributed by atoms with van der Waals surface area (Å²) in [6.45, 7) is 9.19. The Hall–Kier alpha value is -1.14. The molecular formula is C13H23N3O2S. The van der Waals surface area contributed by atoms with E-state index in [4.69, 9.17) is 0 Å². The average Bonchev–Trinajstić information content (AvgIpc) is 2.28. The van der Waals surface area contributed by atoms with Crippen LogP contribution in [0.2, 0.25) is 0 Å². The van der Waals surface area contributed by atoms with E-state index < -0.39 is 10.0 Å². The minimum absolute atomic E-state index is 0.0992. The number of aromatic nitrogens is 1. The van der Waals surface area contributed by atoms with Crippen molar-refractivity contribution >= 4 is 15.8 Å². The van der Waals surface area contributed by atoms with E-state index in [1.54, 1.807) is 18.3 Å². The fourth-order valence-corrected chi connectivity index (χ4v) is 2.71. The van der Waals surface area contributed by atoms with Gasteiger partial charge in [-0.1, -0.05) is 20.8 Å². The molecule has 1 aromatic heterocycles. The van der Waals surface area contributed by atoms with Crippen LogP contribution in [0.4, 0.5) is 5.82 Å². The lowest BCUT2D eigenvalue weighted by atomic mass is 9.93. The van der Waals surface area contributed by atoms with Crippen LogP contribution in [-0.4, -0.2) is 26.5 Å². The average molecular weight is 285 g/mol. The van der Waals surface area contributed by atoms with E-state index >= 15 is 0 Å². The summed E-state index contributed by atoms with van der Waals surface area (Å²) >= 11 is 0. The molecule has 0 spiro atoms. The van der Waals surface area contributed by atoms with Crippen molar-refractivity contribution in [2.24, 2.45) is 5.41 Å². The molecule has 0 radical (unpaired) electrons. The van der Waals surface area contributed by atoms with Gasteiger partial charge in [-0.15, -0.1) is 0 Å². The van der Waals surface area contributed by atoms with Crippen LogP contribution in [0.3, 0.4) is 0 Å². The number of hydrogen-bond donors (Lipinski definition) is 2. The van der Waals surface area contributed by atoms with E-state index in [1.807, 2.05) is 6.92 Å². The molecule has 5 nitrogen and oxygen atoms in total. The van der Waals surface area contributed by atoms with Crippen molar-refractivity contribution < 1.29 is 8.42 Å². The van der Waals surface area contributed by atoms with E-state index in [2.05, 4.69) is 35.8 Å². The quantitative estimate of drug-likeness (QED) is 0.841. The SMILES string of the molecule is CCNc1ncccc1S(=O)(=O)NCCC(C)(C)C. The van der Waals surface area contributed by atoms with Crippen LogP contribution in [0.1, 0.15) is 34.1 Å². The molecule has 0 bridgehead atoms. The third kappa shape index (κ3) is 5.16. The standard InChI is InChI=1S/C13H23N3O2S/c1-5-14-12-11(7-6-9-15-12)19(17,18)16-10-8-13(2,3)4/h6-7,9,16H,5,8,10H2,1-4H3,(H,14,15). The Kier molecular flexibility index (Phi) is 5.31. The number of nitrogens with one attached hydrogen (secondary N) is 2. The van der Waals surface area contributed by atoms with Gasteiger partial charge in [0.15, 0.2) is 0 Å². The highest BCUT2D eigenvalue weighted by atomic mass is 32.2. The molecule has 0 saturated heterocycles. The number of nitrogens with zero attached hydrogens (tertiary/aromatic N) is 1. The predicted molar refractivity (Wildman–Crippen MR) is 77.7 cm³/mol. The fourth-order valence-electron chi connectivity index (χ4n) is 1.55. The number of hydrogen-bond acceptors (Lipinski definition) is 4. The molecule has 108 valence electrons. The molecule has 0 saturated carbocycles. The Morgan fingerprint density at radius 1 is 1.32 bits per heavy atom. The van der Waals surface area contributed by atoms with E-state index in [0.717, 1.165) is 6.42 Å². The molecule has 1 heterocycles. The van der Waals surface area contributed by atoms with Crippen LogP contribution in [0.15, 0.2) is 23.2 Å². The highest BCUT2D eigenvalue weighted by Gasteiger charge is 2.19. The third-order valence-corrected chi connectivity index (χ3v) is 4.06. The Balaban J connectivity index is 2.83. The van der Waals surface area contributed by atoms with Crippen LogP contribution < -0.4 is 10.0 Å². The summed E-state index contributed by atoms with van der Waals surface area (Å²) in [5, 5.41) is 2.96. The second-order valence-electron chi connectivity index (χ2n) is 5.59. The summed E-state index contributed by atoms with van der Waals surface area (Å²) in [7, 11) is -3.51. The van der Waals surface area contributed by atoms with Crippen molar-refractivity contribution in [1.82, 2.24) is 9.71 Å². The first-order chi connectivity index (χ1) is 8.76. The van der Waals surface area contributed by atoms with Crippen molar-refractivity contribution in [3.05, 3.63) is 18.3 Å². The van der Waals surface area contributed by atoms with Crippen molar-refractivity contribution in [1.29, 1.82) is 0 Å². The van der Waals surface area contributed by atoms with Gasteiger partial charge in [-0.2, -0.15) is 0 Å². The normalized spacial score (nSPS) is 12.4. The first-order valence-corrected chi connectivity index (χ1v) is 7.93. The van der Waals surface area contributed by atoms with Crippen molar-refractivity contribution in [3.8, 4) is 0 Å². The van der Waals surface area contributed by atoms with Gasteiger partial charge in [-0.25, -0.2) is 18.1 Å². The topological polar surface area (TPSA) is 71.1 Å². The zero-order valence-electron chi connectivity index (χ0n) is 12.0. The fraction of sp³-hybridized carbons (Fsp3) is 0.615. The molecular weight excluding hydrogens is 262 g/mol. The lowest BCUT2D eigenvalue weighted by Gasteiger charge is -2.18. The zero-order valence-corrected chi connectivity index (χ0v) is 12.8. The molecule has 1 rings (SSSR count). The van der Waals surface area contributed by atoms with E-state index in [-0.39, 0.29) is 10.3 Å². The van der Waals surface area contributed by atoms with Crippen molar-refractivity contribution in [2.45, 2.75) is 39.0 Å². The molecule has 0 aliphatic heterocycles. The summed E-state index contributed by atoms with van der Waals surface area (Å²) in [5.41, 5.74) is 0.0992. The third-order valence-electron chi connectivity index (χ3n) is 2.57. The summed E-state index contributed by atoms with van der Waals surface area (Å²) in [6, 6.07) is 3.18. The van der Waals surface area contributed by atoms with Crippen molar-refractivity contribution in [2.75, 3.05) is 18.4 Å². The van der Waals surface area contributed by atoms with E-state index in [9.17, 15) is 8.42 Å². The van der Waals surface area contributed by atoms with Crippen molar-refractivity contribution in [3.63, 3.8) is 0 Å². The Bertz CT molecular complexity index is 507. The van der Waals surface area contributed by atoms with Gasteiger partial charge >= 0.3 is 0 Å². The monoisotopic (exact) mass is 285 g/mol. The first kappa shape index (κ1) is 15.9. The molecule has 0 fully saturated rings. The summed E-state index contributed by atoms with van der Waals surface area (Å²) in [4.78, 5) is 4.26. The lowest BCUT2D eigenvalue weighted by Crippen LogP contribution is -2.28. The smallest absolute Gasteiger partial charge is 0.244 e. The molecule has 0 aliphatic carbocycles. The molecule has 0 atom stereocenters. The molecule has 6 heteroatoms. The van der Waals surface area contributed by atoms with E-state index in [1.165, 1.54) is 0 Å². The minimum Gasteiger partial charge on any atom is -0.369 e. The Morgan fingerprint density at radius 2 is 2.00 bits per heavy atom. The van der Waals surface area contributed by atoms with Crippen LogP contribution in [0.25, 0.3) is 0 Å². The predicted octanol–water partition coefficient (Wildman–Crippen LogP) is 2.23. The van der Waals surface area contributed by atoms with Gasteiger partial charge in [0.05, 0.1) is 0 Å². The Morgan fingerprint density at radius 3 is 2.58 bits per heavy atom. The largest absolute Gasteiger partial charge is 0.369 e. The van der Waals surface area contributed by atoms with Crippen LogP contribution in [0.5, 0.6) is 0 Å². The maximum atomic E-state index is 12.2. The molecule has 0 amide bonds. The highest BCUT2D eigenvalue weighted by Crippen LogP contribution is 2.20. The summed E-state index contributed by atoms with van der Waals surface area (Å²) < 4.78 is 27.1. The summed E-state index contributed by atoms with van der Waals surface area (Å²) in [5.74, 6) is 0.397. The van der Waals surface area contributed by atoms with Gasteiger partial charge in [0, 0.05) is 19.3 Å². The van der Waals surface area contributed by atoms with Crippen LogP contribution in [-0.2, 0) is 10.0 Å². The van der Waals surface area contributed by atoms with Gasteiger partial charge in [-0.05, 0) is 30.9 Å². The molecule has 0 aromatic carbocycles. The first-order valence-electron chi connectivity index (χ1n) is 6.45. The van der Waals surface area contributed by atoms with Gasteiger partial charge < -0.3 is 5.32 Å². The number of pyridine rings is 1. The number of rotatable bonds is 6. The lowest BCUT2D eigenvalue weighted by molar-refractivity contribution is 0.378. The molecule has 0 unspecified atom stereocenters. The van der Waals surface area contributed by atoms with Gasteiger partial charge in [0.25, 0.3) is 0 Å². The number of sulfonamides is 1. The maximum Gasteiger partial charge on any atom is 0.244 e. The minimum atomic E-state index is -3.51. The molecule has 1 aromatic rings. The second-order valence-corrected chi connectivity index (χ2v) is 7.32. The maximum absolute atomic E-state index is 12.2. The van der Waals surface area contributed by atoms with Gasteiger partial charge in [-0.3, -0.25) is 0 Å². The second kappa shape index (κ2) is 6.34. The molecule has 2 N–H and O–H groups in total.